The zero-order chi connectivity index (χ0) is 20.1. The van der Waals surface area contributed by atoms with Gasteiger partial charge in [-0.1, -0.05) is 23.2 Å². The summed E-state index contributed by atoms with van der Waals surface area (Å²) in [6.45, 7) is 1.20. The van der Waals surface area contributed by atoms with E-state index in [1.54, 1.807) is 13.0 Å². The van der Waals surface area contributed by atoms with Crippen molar-refractivity contribution in [3.8, 4) is 0 Å². The first-order valence-electron chi connectivity index (χ1n) is 8.52. The fraction of sp³-hybridized carbons (Fsp3) is 0.333. The van der Waals surface area contributed by atoms with Crippen molar-refractivity contribution in [2.45, 2.75) is 25.2 Å². The number of piperidine rings is 1. The van der Waals surface area contributed by atoms with Gasteiger partial charge in [0.05, 0.1) is 12.2 Å². The van der Waals surface area contributed by atoms with Gasteiger partial charge in [-0.2, -0.15) is 10.1 Å². The maximum atomic E-state index is 14.5. The van der Waals surface area contributed by atoms with Gasteiger partial charge in [0.2, 0.25) is 0 Å². The molecule has 1 atom stereocenters. The lowest BCUT2D eigenvalue weighted by molar-refractivity contribution is -0.0641. The minimum atomic E-state index is -3.05. The van der Waals surface area contributed by atoms with E-state index in [1.165, 1.54) is 29.0 Å². The summed E-state index contributed by atoms with van der Waals surface area (Å²) in [5.41, 5.74) is 1.36. The number of hydrogen-bond acceptors (Lipinski definition) is 4. The Hall–Kier alpha value is -2.32. The van der Waals surface area contributed by atoms with Gasteiger partial charge in [0.15, 0.2) is 0 Å². The molecule has 0 radical (unpaired) electrons. The monoisotopic (exact) mass is 425 g/mol. The molecule has 1 fully saturated rings. The van der Waals surface area contributed by atoms with Gasteiger partial charge in [-0.25, -0.2) is 18.3 Å². The Morgan fingerprint density at radius 2 is 1.93 bits per heavy atom. The standard InChI is InChI=1S/C18H15Cl2F2N5O/c1-10-2-15(27-17(25-10)23-9-24-27)12-6-18(21,22)8-26(7-12)16(28)11-3-13(19)5-14(20)4-11/h2-5,9,12H,6-8H2,1H3/t12-/m0/s1. The average molecular weight is 426 g/mol. The van der Waals surface area contributed by atoms with Crippen molar-refractivity contribution in [3.63, 3.8) is 0 Å². The summed E-state index contributed by atoms with van der Waals surface area (Å²) in [6.07, 6.45) is 0.925. The second-order valence-electron chi connectivity index (χ2n) is 6.90. The van der Waals surface area contributed by atoms with Crippen LogP contribution in [0.5, 0.6) is 0 Å². The van der Waals surface area contributed by atoms with E-state index in [9.17, 15) is 13.6 Å². The second-order valence-corrected chi connectivity index (χ2v) is 7.77. The predicted octanol–water partition coefficient (Wildman–Crippen LogP) is 4.00. The number of fused-ring (bicyclic) bond motifs is 1. The third kappa shape index (κ3) is 3.66. The van der Waals surface area contributed by atoms with E-state index in [2.05, 4.69) is 15.1 Å². The van der Waals surface area contributed by atoms with Gasteiger partial charge in [0.1, 0.15) is 6.33 Å². The highest BCUT2D eigenvalue weighted by Gasteiger charge is 2.43. The van der Waals surface area contributed by atoms with Crippen molar-refractivity contribution in [3.05, 3.63) is 57.6 Å². The molecule has 1 aliphatic rings. The zero-order valence-electron chi connectivity index (χ0n) is 14.7. The molecule has 28 heavy (non-hydrogen) atoms. The Labute approximate surface area is 169 Å². The first-order valence-corrected chi connectivity index (χ1v) is 9.28. The van der Waals surface area contributed by atoms with Crippen LogP contribution in [0, 0.1) is 6.92 Å². The molecule has 1 amide bonds. The van der Waals surface area contributed by atoms with Gasteiger partial charge in [-0.15, -0.1) is 0 Å². The van der Waals surface area contributed by atoms with Crippen LogP contribution in [-0.2, 0) is 0 Å². The van der Waals surface area contributed by atoms with Crippen LogP contribution in [0.2, 0.25) is 10.0 Å². The molecule has 4 rings (SSSR count). The largest absolute Gasteiger partial charge is 0.332 e. The smallest absolute Gasteiger partial charge is 0.266 e. The van der Waals surface area contributed by atoms with Crippen molar-refractivity contribution < 1.29 is 13.6 Å². The summed E-state index contributed by atoms with van der Waals surface area (Å²) in [6, 6.07) is 6.02. The topological polar surface area (TPSA) is 63.4 Å². The van der Waals surface area contributed by atoms with Crippen LogP contribution in [0.4, 0.5) is 8.78 Å². The first-order chi connectivity index (χ1) is 13.2. The summed E-state index contributed by atoms with van der Waals surface area (Å²) in [7, 11) is 0. The lowest BCUT2D eigenvalue weighted by Gasteiger charge is -2.37. The van der Waals surface area contributed by atoms with Gasteiger partial charge < -0.3 is 4.90 Å². The molecule has 10 heteroatoms. The minimum Gasteiger partial charge on any atom is -0.332 e. The molecule has 1 aliphatic heterocycles. The number of nitrogens with zero attached hydrogens (tertiary/aromatic N) is 5. The van der Waals surface area contributed by atoms with E-state index >= 15 is 0 Å². The van der Waals surface area contributed by atoms with Gasteiger partial charge in [-0.3, -0.25) is 4.79 Å². The SMILES string of the molecule is Cc1cc([C@@H]2CN(C(=O)c3cc(Cl)cc(Cl)c3)CC(F)(F)C2)n2ncnc2n1. The van der Waals surface area contributed by atoms with Crippen molar-refractivity contribution in [2.75, 3.05) is 13.1 Å². The van der Waals surface area contributed by atoms with E-state index in [4.69, 9.17) is 23.2 Å². The van der Waals surface area contributed by atoms with Crippen LogP contribution in [-0.4, -0.2) is 49.4 Å². The van der Waals surface area contributed by atoms with Gasteiger partial charge in [0.25, 0.3) is 17.6 Å². The Morgan fingerprint density at radius 1 is 1.21 bits per heavy atom. The molecule has 0 saturated carbocycles. The summed E-state index contributed by atoms with van der Waals surface area (Å²) in [5, 5.41) is 4.63. The summed E-state index contributed by atoms with van der Waals surface area (Å²) in [5.74, 6) is -3.89. The first kappa shape index (κ1) is 19.0. The number of aryl methyl sites for hydroxylation is 1. The molecule has 6 nitrogen and oxygen atoms in total. The fourth-order valence-electron chi connectivity index (χ4n) is 3.56. The van der Waals surface area contributed by atoms with E-state index < -0.39 is 30.7 Å². The molecular weight excluding hydrogens is 411 g/mol. The Morgan fingerprint density at radius 3 is 2.64 bits per heavy atom. The quantitative estimate of drug-likeness (QED) is 0.622. The van der Waals surface area contributed by atoms with Gasteiger partial charge in [0, 0.05) is 40.2 Å². The highest BCUT2D eigenvalue weighted by atomic mass is 35.5. The van der Waals surface area contributed by atoms with Crippen LogP contribution in [0.25, 0.3) is 5.78 Å². The zero-order valence-corrected chi connectivity index (χ0v) is 16.3. The second kappa shape index (κ2) is 6.93. The summed E-state index contributed by atoms with van der Waals surface area (Å²) in [4.78, 5) is 22.3. The molecule has 1 aromatic carbocycles. The summed E-state index contributed by atoms with van der Waals surface area (Å²) >= 11 is 11.9. The molecule has 0 unspecified atom stereocenters. The predicted molar refractivity (Wildman–Crippen MR) is 100 cm³/mol. The minimum absolute atomic E-state index is 0.108. The number of aromatic nitrogens is 4. The van der Waals surface area contributed by atoms with Crippen molar-refractivity contribution in [2.24, 2.45) is 0 Å². The van der Waals surface area contributed by atoms with E-state index in [-0.39, 0.29) is 22.2 Å². The molecule has 1 saturated heterocycles. The third-order valence-electron chi connectivity index (χ3n) is 4.63. The number of carbonyl (C=O) groups excluding carboxylic acids is 1. The van der Waals surface area contributed by atoms with Gasteiger partial charge >= 0.3 is 0 Å². The number of halogens is 4. The maximum absolute atomic E-state index is 14.5. The van der Waals surface area contributed by atoms with Crippen LogP contribution in [0.1, 0.15) is 34.1 Å². The number of hydrogen-bond donors (Lipinski definition) is 0. The fourth-order valence-corrected chi connectivity index (χ4v) is 4.09. The number of amides is 1. The highest BCUT2D eigenvalue weighted by molar-refractivity contribution is 6.35. The lowest BCUT2D eigenvalue weighted by atomic mass is 9.91. The van der Waals surface area contributed by atoms with Crippen LogP contribution < -0.4 is 0 Å². The Kier molecular flexibility index (Phi) is 4.71. The summed E-state index contributed by atoms with van der Waals surface area (Å²) < 4.78 is 30.5. The van der Waals surface area contributed by atoms with Crippen molar-refractivity contribution in [1.82, 2.24) is 24.5 Å². The average Bonchev–Trinajstić information content (AvgIpc) is 3.06. The number of likely N-dealkylation sites (tertiary alicyclic amines) is 1. The number of benzene rings is 1. The van der Waals surface area contributed by atoms with Crippen LogP contribution >= 0.6 is 23.2 Å². The number of rotatable bonds is 2. The van der Waals surface area contributed by atoms with Crippen LogP contribution in [0.3, 0.4) is 0 Å². The van der Waals surface area contributed by atoms with Crippen molar-refractivity contribution in [1.29, 1.82) is 0 Å². The molecule has 0 spiro atoms. The van der Waals surface area contributed by atoms with E-state index in [0.717, 1.165) is 4.90 Å². The van der Waals surface area contributed by atoms with Crippen molar-refractivity contribution >= 4 is 34.9 Å². The van der Waals surface area contributed by atoms with Crippen LogP contribution in [0.15, 0.2) is 30.6 Å². The molecule has 3 aromatic rings. The molecule has 146 valence electrons. The van der Waals surface area contributed by atoms with E-state index in [1.807, 2.05) is 0 Å². The Bertz CT molecular complexity index is 1050. The maximum Gasteiger partial charge on any atom is 0.266 e. The Balaban J connectivity index is 1.71. The highest BCUT2D eigenvalue weighted by Crippen LogP contribution is 2.37. The number of alkyl halides is 2. The molecule has 3 heterocycles. The third-order valence-corrected chi connectivity index (χ3v) is 5.07. The molecular formula is C18H15Cl2F2N5O. The lowest BCUT2D eigenvalue weighted by Crippen LogP contribution is -2.49. The van der Waals surface area contributed by atoms with E-state index in [0.29, 0.717) is 17.2 Å². The normalized spacial score (nSPS) is 19.2. The molecule has 0 N–H and O–H groups in total. The number of carbonyl (C=O) groups is 1. The molecule has 2 aromatic heterocycles. The van der Waals surface area contributed by atoms with Gasteiger partial charge in [-0.05, 0) is 31.2 Å². The molecule has 0 bridgehead atoms. The molecule has 0 aliphatic carbocycles.